The Morgan fingerprint density at radius 2 is 0.315 bits per heavy atom. The Morgan fingerprint density at radius 3 is 0.492 bits per heavy atom. The van der Waals surface area contributed by atoms with Crippen molar-refractivity contribution in [3.63, 3.8) is 0 Å². The molecule has 11 aromatic heterocycles. The van der Waals surface area contributed by atoms with Crippen molar-refractivity contribution in [2.75, 3.05) is 0 Å². The number of hydrogen-bond acceptors (Lipinski definition) is 6. The Kier molecular flexibility index (Phi) is 15.5. The van der Waals surface area contributed by atoms with Gasteiger partial charge in [-0.15, -0.1) is 0 Å². The van der Waals surface area contributed by atoms with E-state index in [0.29, 0.717) is 45.9 Å². The molecule has 0 fully saturated rings. The van der Waals surface area contributed by atoms with Gasteiger partial charge in [0.2, 0.25) is 0 Å². The van der Waals surface area contributed by atoms with Gasteiger partial charge >= 0.3 is 27.0 Å². The molecule has 27 aromatic rings. The van der Waals surface area contributed by atoms with Gasteiger partial charge in [0.1, 0.15) is 0 Å². The molecule has 607 valence electrons. The molecule has 0 radical (unpaired) electrons. The van der Waals surface area contributed by atoms with E-state index >= 15 is 0 Å². The van der Waals surface area contributed by atoms with Crippen molar-refractivity contribution >= 4 is 184 Å². The molecule has 0 atom stereocenters. The third kappa shape index (κ3) is 10.2. The van der Waals surface area contributed by atoms with Crippen molar-refractivity contribution in [3.05, 3.63) is 389 Å². The summed E-state index contributed by atoms with van der Waals surface area (Å²) < 4.78 is 18.6. The first-order valence-corrected chi connectivity index (χ1v) is 45.5. The summed E-state index contributed by atoms with van der Waals surface area (Å²) >= 11 is 1.82. The molecule has 8 bridgehead atoms. The van der Waals surface area contributed by atoms with Crippen molar-refractivity contribution in [3.8, 4) is 91.1 Å². The van der Waals surface area contributed by atoms with Crippen molar-refractivity contribution in [1.82, 2.24) is 76.4 Å². The molecule has 2 aliphatic rings. The second-order valence-corrected chi connectivity index (χ2v) is 33.4. The van der Waals surface area contributed by atoms with Crippen LogP contribution in [0, 0.1) is 0 Å². The molecular formula is C112H64ClN16Ru. The van der Waals surface area contributed by atoms with Crippen molar-refractivity contribution in [2.45, 2.75) is 0 Å². The Labute approximate surface area is 752 Å². The maximum atomic E-state index is 6.39. The van der Waals surface area contributed by atoms with Gasteiger partial charge in [0, 0.05) is 159 Å². The van der Waals surface area contributed by atoms with Crippen molar-refractivity contribution < 1.29 is 17.3 Å². The van der Waals surface area contributed by atoms with Crippen molar-refractivity contribution in [2.24, 2.45) is 0 Å². The first kappa shape index (κ1) is 72.5. The molecule has 0 N–H and O–H groups in total. The van der Waals surface area contributed by atoms with Crippen LogP contribution in [-0.4, -0.2) is 66.4 Å². The SMILES string of the molecule is [Cl][Ru+2].c1ccc2c(c1)ccn2-c1c2c(c(-n3ccc4ccccc43)c3ccccc13)-c1nc-2nc2[n-]c(nc3nc(nc4[n-]c(n1)c1c(-n5ccc6ccccc65)c5ccccc5c(-n5ccc6ccccc65)c41)-c1c-3c(-n3ccc4ccccc43)c3ccccc3c1-n1ccc3ccccc31)c1c(-n3ccc4ccccc43)c3ccccc3c(-n3ccc4ccccc43)c21. The van der Waals surface area contributed by atoms with E-state index in [4.69, 9.17) is 39.9 Å². The van der Waals surface area contributed by atoms with Gasteiger partial charge in [-0.2, -0.15) is 0 Å². The molecule has 0 saturated heterocycles. The van der Waals surface area contributed by atoms with Crippen LogP contribution >= 0.6 is 9.69 Å². The Hall–Kier alpha value is -16.8. The molecule has 0 amide bonds. The minimum absolute atomic E-state index is 0.371. The van der Waals surface area contributed by atoms with Crippen LogP contribution in [0.4, 0.5) is 0 Å². The Balaban J connectivity index is 0.00000422. The molecule has 0 spiro atoms. The van der Waals surface area contributed by atoms with Gasteiger partial charge in [0.05, 0.1) is 113 Å². The predicted octanol–water partition coefficient (Wildman–Crippen LogP) is 27.0. The largest absolute Gasteiger partial charge is 0.357 e. The van der Waals surface area contributed by atoms with E-state index in [1.807, 2.05) is 17.3 Å². The number of fused-ring (bicyclic) bond motifs is 32. The van der Waals surface area contributed by atoms with E-state index in [9.17, 15) is 0 Å². The van der Waals surface area contributed by atoms with E-state index in [1.54, 1.807) is 0 Å². The summed E-state index contributed by atoms with van der Waals surface area (Å²) in [6.45, 7) is 0. The third-order valence-corrected chi connectivity index (χ3v) is 26.8. The van der Waals surface area contributed by atoms with Gasteiger partial charge in [-0.05, 0) is 140 Å². The second-order valence-electron chi connectivity index (χ2n) is 33.4. The summed E-state index contributed by atoms with van der Waals surface area (Å²) in [7, 11) is 4.57. The molecule has 16 nitrogen and oxygen atoms in total. The molecule has 16 aromatic carbocycles. The number of aromatic nitrogens is 16. The molecule has 0 unspecified atom stereocenters. The second kappa shape index (κ2) is 27.8. The van der Waals surface area contributed by atoms with Crippen LogP contribution in [0.25, 0.3) is 265 Å². The molecule has 130 heavy (non-hydrogen) atoms. The zero-order valence-electron chi connectivity index (χ0n) is 68.8. The maximum Gasteiger partial charge on any atom is 0.0950 e. The molecular weight excluding hydrogens is 1710 g/mol. The fourth-order valence-electron chi connectivity index (χ4n) is 21.5. The molecule has 0 aliphatic carbocycles. The number of para-hydroxylation sites is 8. The van der Waals surface area contributed by atoms with Crippen LogP contribution < -0.4 is 9.97 Å². The smallest absolute Gasteiger partial charge is 0.0950 e. The number of rotatable bonds is 8. The first-order chi connectivity index (χ1) is 64.5. The fourth-order valence-corrected chi connectivity index (χ4v) is 21.5. The van der Waals surface area contributed by atoms with Gasteiger partial charge < -0.3 is 66.4 Å². The first-order valence-electron chi connectivity index (χ1n) is 43.3. The zero-order valence-corrected chi connectivity index (χ0v) is 71.3. The van der Waals surface area contributed by atoms with Crippen LogP contribution in [0.3, 0.4) is 0 Å². The van der Waals surface area contributed by atoms with Gasteiger partial charge in [-0.1, -0.05) is 243 Å². The third-order valence-electron chi connectivity index (χ3n) is 26.8. The van der Waals surface area contributed by atoms with Crippen LogP contribution in [0.5, 0.6) is 0 Å². The van der Waals surface area contributed by atoms with Crippen LogP contribution in [0.15, 0.2) is 389 Å². The van der Waals surface area contributed by atoms with E-state index in [-0.39, 0.29) is 0 Å². The predicted molar refractivity (Wildman–Crippen MR) is 525 cm³/mol. The number of nitrogens with zero attached hydrogens (tertiary/aromatic N) is 16. The van der Waals surface area contributed by atoms with E-state index in [2.05, 4.69) is 436 Å². The topological polar surface area (TPSA) is 145 Å². The molecule has 13 heterocycles. The van der Waals surface area contributed by atoms with Crippen LogP contribution in [0.2, 0.25) is 0 Å². The van der Waals surface area contributed by atoms with Gasteiger partial charge in [0.25, 0.3) is 0 Å². The van der Waals surface area contributed by atoms with E-state index in [0.717, 1.165) is 220 Å². The van der Waals surface area contributed by atoms with E-state index in [1.165, 1.54) is 0 Å². The maximum absolute atomic E-state index is 6.39. The molecule has 2 aliphatic heterocycles. The summed E-state index contributed by atoms with van der Waals surface area (Å²) in [6.07, 6.45) is 17.5. The Morgan fingerprint density at radius 1 is 0.169 bits per heavy atom. The molecule has 0 saturated carbocycles. The molecule has 29 rings (SSSR count). The summed E-state index contributed by atoms with van der Waals surface area (Å²) in [4.78, 5) is 50.5. The average molecular weight is 1770 g/mol. The summed E-state index contributed by atoms with van der Waals surface area (Å²) in [6, 6.07) is 121. The standard InChI is InChI=1S/C112H64N16.ClH.Ru/c1-17-41-81-65(25-1)49-57-121(81)97-73-33-9-10-34-74(73)98(122-58-50-66-26-2-18-42-82(66)122)90-89(97)105-113-106(90)118-108-93-94(102(126-62-54-70-30-6-22-46-86(70)126)78-38-14-13-37-77(78)101(93)125-61-53-69-29-5-21-45-85(69)125)110(115-108)120-112-96-95(103(127-63-55-71-31-7-23-47-87(71)127)79-39-15-16-40-80(79)104(96)128-64-56-72-32-8-24-48-88(72)128)111(116-112)119-109-92-91(107(114-109)117-105)99(123-59-51-67-27-3-19-43-83(67)123)75-35-11-12-36-76(75)100(92)124-60-52-68-28-4-20-44-84(68)124;;/h1-64H;1H;/q-2;;+3/p-1. The number of hydrogen-bond donors (Lipinski definition) is 0. The normalized spacial score (nSPS) is 12.2. The quantitative estimate of drug-likeness (QED) is 0.137. The van der Waals surface area contributed by atoms with Crippen LogP contribution in [0.1, 0.15) is 0 Å². The van der Waals surface area contributed by atoms with Crippen LogP contribution in [-0.2, 0) is 17.3 Å². The summed E-state index contributed by atoms with van der Waals surface area (Å²) in [5, 5.41) is 19.1. The van der Waals surface area contributed by atoms with Gasteiger partial charge in [-0.3, -0.25) is 0 Å². The summed E-state index contributed by atoms with van der Waals surface area (Å²) in [5.41, 5.74) is 19.2. The number of benzene rings is 16. The van der Waals surface area contributed by atoms with E-state index < -0.39 is 0 Å². The number of halogens is 1. The summed E-state index contributed by atoms with van der Waals surface area (Å²) in [5.74, 6) is 1.48. The minimum Gasteiger partial charge on any atom is -0.357 e. The van der Waals surface area contributed by atoms with Crippen molar-refractivity contribution in [1.29, 1.82) is 0 Å². The average Bonchev–Trinajstić information content (AvgIpc) is 1.53. The van der Waals surface area contributed by atoms with Gasteiger partial charge in [0.15, 0.2) is 0 Å². The Bertz CT molecular complexity index is 8700. The fraction of sp³-hybridized carbons (Fsp3) is 0. The minimum atomic E-state index is 0.371. The molecule has 18 heteroatoms. The zero-order chi connectivity index (χ0) is 85.2. The monoisotopic (exact) mass is 1770 g/mol. The van der Waals surface area contributed by atoms with Gasteiger partial charge in [-0.25, -0.2) is 9.97 Å².